The average molecular weight is 427 g/mol. The molecule has 0 saturated carbocycles. The third kappa shape index (κ3) is 3.85. The molecule has 0 radical (unpaired) electrons. The number of amides is 1. The van der Waals surface area contributed by atoms with Gasteiger partial charge in [-0.3, -0.25) is 4.79 Å². The van der Waals surface area contributed by atoms with Crippen molar-refractivity contribution in [2.45, 2.75) is 25.7 Å². The standard InChI is InChI=1S/C22H23ClN4O3/c1-14-3-6-17(7-4-14)27-20(24-25-22(27)29)15-9-11-26(12-10-15)21(28)18-13-16(23)5-8-19(18)30-2/h3-8,13,15H,9-12H2,1-2H3,(H,25,29). The Kier molecular flexibility index (Phi) is 5.63. The highest BCUT2D eigenvalue weighted by Gasteiger charge is 2.29. The van der Waals surface area contributed by atoms with Gasteiger partial charge in [0.2, 0.25) is 0 Å². The molecule has 2 heterocycles. The number of aromatic amines is 1. The summed E-state index contributed by atoms with van der Waals surface area (Å²) < 4.78 is 6.95. The maximum Gasteiger partial charge on any atom is 0.347 e. The summed E-state index contributed by atoms with van der Waals surface area (Å²) in [6, 6.07) is 12.8. The maximum atomic E-state index is 13.0. The highest BCUT2D eigenvalue weighted by molar-refractivity contribution is 6.31. The van der Waals surface area contributed by atoms with Crippen molar-refractivity contribution in [3.8, 4) is 11.4 Å². The third-order valence-electron chi connectivity index (χ3n) is 5.53. The van der Waals surface area contributed by atoms with E-state index in [0.29, 0.717) is 48.1 Å². The molecule has 3 aromatic rings. The predicted molar refractivity (Wildman–Crippen MR) is 115 cm³/mol. The minimum absolute atomic E-state index is 0.0792. The van der Waals surface area contributed by atoms with E-state index in [4.69, 9.17) is 16.3 Å². The second kappa shape index (κ2) is 8.36. The van der Waals surface area contributed by atoms with Gasteiger partial charge in [-0.1, -0.05) is 29.3 Å². The average Bonchev–Trinajstić information content (AvgIpc) is 3.15. The zero-order chi connectivity index (χ0) is 21.3. The van der Waals surface area contributed by atoms with Crippen molar-refractivity contribution in [3.05, 3.63) is 74.9 Å². The van der Waals surface area contributed by atoms with Gasteiger partial charge >= 0.3 is 5.69 Å². The molecule has 0 unspecified atom stereocenters. The van der Waals surface area contributed by atoms with Crippen LogP contribution in [0, 0.1) is 6.92 Å². The van der Waals surface area contributed by atoms with E-state index in [2.05, 4.69) is 10.2 Å². The number of nitrogens with zero attached hydrogens (tertiary/aromatic N) is 3. The van der Waals surface area contributed by atoms with Crippen molar-refractivity contribution in [1.29, 1.82) is 0 Å². The van der Waals surface area contributed by atoms with Crippen molar-refractivity contribution >= 4 is 17.5 Å². The monoisotopic (exact) mass is 426 g/mol. The molecule has 0 aliphatic carbocycles. The fraction of sp³-hybridized carbons (Fsp3) is 0.318. The van der Waals surface area contributed by atoms with Crippen LogP contribution >= 0.6 is 11.6 Å². The highest BCUT2D eigenvalue weighted by Crippen LogP contribution is 2.30. The van der Waals surface area contributed by atoms with Crippen LogP contribution in [0.15, 0.2) is 47.3 Å². The summed E-state index contributed by atoms with van der Waals surface area (Å²) in [5, 5.41) is 7.36. The van der Waals surface area contributed by atoms with Crippen LogP contribution in [0.1, 0.15) is 40.5 Å². The lowest BCUT2D eigenvalue weighted by Crippen LogP contribution is -2.38. The Labute approximate surface area is 179 Å². The number of rotatable bonds is 4. The molecule has 0 spiro atoms. The Hall–Kier alpha value is -3.06. The lowest BCUT2D eigenvalue weighted by atomic mass is 9.95. The first-order valence-electron chi connectivity index (χ1n) is 9.85. The van der Waals surface area contributed by atoms with Crippen LogP contribution < -0.4 is 10.4 Å². The van der Waals surface area contributed by atoms with Crippen LogP contribution in [-0.4, -0.2) is 45.8 Å². The lowest BCUT2D eigenvalue weighted by Gasteiger charge is -2.32. The summed E-state index contributed by atoms with van der Waals surface area (Å²) in [6.45, 7) is 3.13. The molecule has 1 aromatic heterocycles. The van der Waals surface area contributed by atoms with E-state index in [-0.39, 0.29) is 17.5 Å². The van der Waals surface area contributed by atoms with Crippen molar-refractivity contribution in [2.75, 3.05) is 20.2 Å². The molecule has 1 aliphatic heterocycles. The van der Waals surface area contributed by atoms with E-state index in [1.807, 2.05) is 31.2 Å². The highest BCUT2D eigenvalue weighted by atomic mass is 35.5. The van der Waals surface area contributed by atoms with Gasteiger partial charge in [0.1, 0.15) is 11.6 Å². The van der Waals surface area contributed by atoms with Gasteiger partial charge in [0, 0.05) is 24.0 Å². The van der Waals surface area contributed by atoms with E-state index >= 15 is 0 Å². The number of halogens is 1. The Bertz CT molecular complexity index is 1110. The molecule has 0 atom stereocenters. The zero-order valence-electron chi connectivity index (χ0n) is 16.9. The molecular formula is C22H23ClN4O3. The van der Waals surface area contributed by atoms with Gasteiger partial charge in [0.15, 0.2) is 0 Å². The molecular weight excluding hydrogens is 404 g/mol. The van der Waals surface area contributed by atoms with Gasteiger partial charge in [-0.15, -0.1) is 0 Å². The Morgan fingerprint density at radius 2 is 1.87 bits per heavy atom. The van der Waals surface area contributed by atoms with Crippen LogP contribution in [0.4, 0.5) is 0 Å². The number of ether oxygens (including phenoxy) is 1. The second-order valence-electron chi connectivity index (χ2n) is 7.47. The Morgan fingerprint density at radius 1 is 1.17 bits per heavy atom. The van der Waals surface area contributed by atoms with Crippen molar-refractivity contribution < 1.29 is 9.53 Å². The first-order chi connectivity index (χ1) is 14.5. The first kappa shape index (κ1) is 20.2. The summed E-state index contributed by atoms with van der Waals surface area (Å²) in [4.78, 5) is 27.2. The van der Waals surface area contributed by atoms with E-state index in [1.165, 1.54) is 7.11 Å². The number of hydrogen-bond donors (Lipinski definition) is 1. The van der Waals surface area contributed by atoms with Gasteiger partial charge in [-0.2, -0.15) is 5.10 Å². The fourth-order valence-electron chi connectivity index (χ4n) is 3.88. The van der Waals surface area contributed by atoms with Gasteiger partial charge in [-0.25, -0.2) is 14.5 Å². The minimum atomic E-state index is -0.254. The van der Waals surface area contributed by atoms with E-state index in [9.17, 15) is 9.59 Å². The van der Waals surface area contributed by atoms with Crippen LogP contribution in [0.2, 0.25) is 5.02 Å². The molecule has 8 heteroatoms. The van der Waals surface area contributed by atoms with Gasteiger partial charge in [0.25, 0.3) is 5.91 Å². The summed E-state index contributed by atoms with van der Waals surface area (Å²) in [5.74, 6) is 1.18. The largest absolute Gasteiger partial charge is 0.496 e. The van der Waals surface area contributed by atoms with Crippen molar-refractivity contribution in [1.82, 2.24) is 19.7 Å². The van der Waals surface area contributed by atoms with Gasteiger partial charge < -0.3 is 9.64 Å². The van der Waals surface area contributed by atoms with E-state index in [0.717, 1.165) is 11.3 Å². The van der Waals surface area contributed by atoms with E-state index in [1.54, 1.807) is 27.7 Å². The Balaban J connectivity index is 1.52. The van der Waals surface area contributed by atoms with Crippen LogP contribution in [0.3, 0.4) is 0 Å². The van der Waals surface area contributed by atoms with Crippen LogP contribution in [-0.2, 0) is 0 Å². The van der Waals surface area contributed by atoms with Gasteiger partial charge in [0.05, 0.1) is 18.4 Å². The molecule has 1 amide bonds. The number of piperidine rings is 1. The number of hydrogen-bond acceptors (Lipinski definition) is 4. The van der Waals surface area contributed by atoms with Gasteiger partial charge in [-0.05, 0) is 50.1 Å². The molecule has 156 valence electrons. The summed E-state index contributed by atoms with van der Waals surface area (Å²) in [7, 11) is 1.54. The lowest BCUT2D eigenvalue weighted by molar-refractivity contribution is 0.0707. The van der Waals surface area contributed by atoms with E-state index < -0.39 is 0 Å². The smallest absolute Gasteiger partial charge is 0.347 e. The molecule has 1 saturated heterocycles. The van der Waals surface area contributed by atoms with Crippen LogP contribution in [0.25, 0.3) is 5.69 Å². The third-order valence-corrected chi connectivity index (χ3v) is 5.76. The number of carbonyl (C=O) groups excluding carboxylic acids is 1. The predicted octanol–water partition coefficient (Wildman–Crippen LogP) is 3.55. The number of aryl methyl sites for hydroxylation is 1. The summed E-state index contributed by atoms with van der Waals surface area (Å²) >= 11 is 6.08. The maximum absolute atomic E-state index is 13.0. The molecule has 1 fully saturated rings. The number of carbonyl (C=O) groups is 1. The minimum Gasteiger partial charge on any atom is -0.496 e. The topological polar surface area (TPSA) is 80.2 Å². The SMILES string of the molecule is COc1ccc(Cl)cc1C(=O)N1CCC(c2n[nH]c(=O)n2-c2ccc(C)cc2)CC1. The molecule has 30 heavy (non-hydrogen) atoms. The number of H-pyrrole nitrogens is 1. The number of likely N-dealkylation sites (tertiary alicyclic amines) is 1. The van der Waals surface area contributed by atoms with Crippen molar-refractivity contribution in [3.63, 3.8) is 0 Å². The second-order valence-corrected chi connectivity index (χ2v) is 7.91. The molecule has 1 aliphatic rings. The Morgan fingerprint density at radius 3 is 2.53 bits per heavy atom. The molecule has 4 rings (SSSR count). The number of benzene rings is 2. The molecule has 7 nitrogen and oxygen atoms in total. The normalized spacial score (nSPS) is 14.7. The van der Waals surface area contributed by atoms with Crippen molar-refractivity contribution in [2.24, 2.45) is 0 Å². The molecule has 0 bridgehead atoms. The molecule has 2 aromatic carbocycles. The van der Waals surface area contributed by atoms with Crippen LogP contribution in [0.5, 0.6) is 5.75 Å². The molecule has 1 N–H and O–H groups in total. The number of methoxy groups -OCH3 is 1. The number of nitrogens with one attached hydrogen (secondary N) is 1. The number of aromatic nitrogens is 3. The summed E-state index contributed by atoms with van der Waals surface area (Å²) in [6.07, 6.45) is 1.43. The summed E-state index contributed by atoms with van der Waals surface area (Å²) in [5.41, 5.74) is 2.12. The zero-order valence-corrected chi connectivity index (χ0v) is 17.6. The first-order valence-corrected chi connectivity index (χ1v) is 10.2. The quantitative estimate of drug-likeness (QED) is 0.691. The fourth-order valence-corrected chi connectivity index (χ4v) is 4.06.